The number of hydrogen-bond donors (Lipinski definition) is 3. The predicted octanol–water partition coefficient (Wildman–Crippen LogP) is 4.80. The zero-order valence-electron chi connectivity index (χ0n) is 25.9. The summed E-state index contributed by atoms with van der Waals surface area (Å²) in [5.41, 5.74) is 9.28. The maximum Gasteiger partial charge on any atom is 0.241 e. The van der Waals surface area contributed by atoms with Gasteiger partial charge in [-0.2, -0.15) is 0 Å². The Balaban J connectivity index is 0.000000458. The van der Waals surface area contributed by atoms with Gasteiger partial charge in [-0.1, -0.05) is 68.8 Å². The summed E-state index contributed by atoms with van der Waals surface area (Å²) in [7, 11) is 0. The summed E-state index contributed by atoms with van der Waals surface area (Å²) in [5.74, 6) is 0.590. The SMILES string of the molecule is CC(C)CN(C1CCNCC1)C1CCN(C(=O)CNC(=O)CCc2ccccc2CN)CC1.CCc1ccc(Cl)cc1. The van der Waals surface area contributed by atoms with Gasteiger partial charge in [0.1, 0.15) is 0 Å². The van der Waals surface area contributed by atoms with Gasteiger partial charge >= 0.3 is 0 Å². The van der Waals surface area contributed by atoms with E-state index in [2.05, 4.69) is 36.3 Å². The van der Waals surface area contributed by atoms with Crippen LogP contribution in [0.4, 0.5) is 0 Å². The third kappa shape index (κ3) is 11.3. The van der Waals surface area contributed by atoms with Gasteiger partial charge in [0.05, 0.1) is 6.54 Å². The van der Waals surface area contributed by atoms with Crippen LogP contribution in [-0.4, -0.2) is 73.0 Å². The highest BCUT2D eigenvalue weighted by molar-refractivity contribution is 6.30. The van der Waals surface area contributed by atoms with E-state index in [-0.39, 0.29) is 18.4 Å². The monoisotopic (exact) mass is 597 g/mol. The van der Waals surface area contributed by atoms with Crippen LogP contribution < -0.4 is 16.4 Å². The average Bonchev–Trinajstić information content (AvgIpc) is 3.02. The van der Waals surface area contributed by atoms with Crippen molar-refractivity contribution in [3.8, 4) is 0 Å². The summed E-state index contributed by atoms with van der Waals surface area (Å²) in [6.07, 6.45) is 6.56. The van der Waals surface area contributed by atoms with Crippen molar-refractivity contribution in [3.05, 3.63) is 70.2 Å². The van der Waals surface area contributed by atoms with Crippen LogP contribution in [0.1, 0.15) is 69.6 Å². The number of halogens is 1. The van der Waals surface area contributed by atoms with Gasteiger partial charge in [-0.15, -0.1) is 0 Å². The topological polar surface area (TPSA) is 90.7 Å². The number of hydrogen-bond acceptors (Lipinski definition) is 5. The van der Waals surface area contributed by atoms with E-state index in [1.54, 1.807) is 0 Å². The third-order valence-corrected chi connectivity index (χ3v) is 8.61. The standard InChI is InChI=1S/C26H43N5O2.C8H9Cl/c1-20(2)19-31(23-9-13-28-14-10-23)24-11-15-30(16-12-24)26(33)18-29-25(32)8-7-21-5-3-4-6-22(21)17-27;1-2-7-3-5-8(9)6-4-7/h3-6,20,23-24,28H,7-19,27H2,1-2H3,(H,29,32);3-6H,2H2,1H3. The minimum absolute atomic E-state index is 0.0291. The fraction of sp³-hybridized carbons (Fsp3) is 0.588. The molecule has 0 atom stereocenters. The lowest BCUT2D eigenvalue weighted by Crippen LogP contribution is -2.54. The van der Waals surface area contributed by atoms with Crippen molar-refractivity contribution in [3.63, 3.8) is 0 Å². The maximum absolute atomic E-state index is 12.7. The number of carbonyl (C=O) groups is 2. The van der Waals surface area contributed by atoms with Crippen molar-refractivity contribution in [2.45, 2.75) is 84.3 Å². The normalized spacial score (nSPS) is 16.3. The molecule has 8 heteroatoms. The Morgan fingerprint density at radius 1 is 1.00 bits per heavy atom. The first kappa shape index (κ1) is 34.0. The number of piperidine rings is 2. The molecule has 2 amide bonds. The Labute approximate surface area is 258 Å². The summed E-state index contributed by atoms with van der Waals surface area (Å²) in [4.78, 5) is 29.7. The molecule has 232 valence electrons. The molecule has 2 aromatic carbocycles. The molecule has 0 aromatic heterocycles. The number of nitrogens with zero attached hydrogens (tertiary/aromatic N) is 2. The minimum atomic E-state index is -0.0842. The van der Waals surface area contributed by atoms with Crippen LogP contribution in [-0.2, 0) is 29.0 Å². The number of nitrogens with two attached hydrogens (primary N) is 1. The van der Waals surface area contributed by atoms with E-state index < -0.39 is 0 Å². The molecule has 2 fully saturated rings. The molecule has 0 radical (unpaired) electrons. The molecule has 4 N–H and O–H groups in total. The van der Waals surface area contributed by atoms with Crippen LogP contribution >= 0.6 is 11.6 Å². The molecular weight excluding hydrogens is 546 g/mol. The number of likely N-dealkylation sites (tertiary alicyclic amines) is 1. The highest BCUT2D eigenvalue weighted by atomic mass is 35.5. The van der Waals surface area contributed by atoms with Crippen LogP contribution in [0.15, 0.2) is 48.5 Å². The van der Waals surface area contributed by atoms with Gasteiger partial charge < -0.3 is 21.3 Å². The number of rotatable bonds is 11. The summed E-state index contributed by atoms with van der Waals surface area (Å²) in [5, 5.41) is 7.11. The van der Waals surface area contributed by atoms with E-state index in [0.29, 0.717) is 37.4 Å². The van der Waals surface area contributed by atoms with E-state index in [0.717, 1.165) is 68.1 Å². The van der Waals surface area contributed by atoms with Crippen molar-refractivity contribution in [1.82, 2.24) is 20.4 Å². The minimum Gasteiger partial charge on any atom is -0.347 e. The molecule has 0 aliphatic carbocycles. The Bertz CT molecular complexity index is 1080. The highest BCUT2D eigenvalue weighted by Crippen LogP contribution is 2.24. The van der Waals surface area contributed by atoms with Crippen LogP contribution in [0, 0.1) is 5.92 Å². The van der Waals surface area contributed by atoms with E-state index in [4.69, 9.17) is 17.3 Å². The van der Waals surface area contributed by atoms with E-state index in [1.165, 1.54) is 18.4 Å². The summed E-state index contributed by atoms with van der Waals surface area (Å²) in [6.45, 7) is 12.2. The number of carbonyl (C=O) groups excluding carboxylic acids is 2. The van der Waals surface area contributed by atoms with Crippen molar-refractivity contribution in [1.29, 1.82) is 0 Å². The Morgan fingerprint density at radius 2 is 1.62 bits per heavy atom. The van der Waals surface area contributed by atoms with Crippen LogP contribution in [0.25, 0.3) is 0 Å². The molecule has 2 aliphatic rings. The second-order valence-electron chi connectivity index (χ2n) is 11.9. The molecule has 4 rings (SSSR count). The maximum atomic E-state index is 12.7. The molecule has 2 aliphatic heterocycles. The molecular formula is C34H52ClN5O2. The largest absolute Gasteiger partial charge is 0.347 e. The van der Waals surface area contributed by atoms with Gasteiger partial charge in [0.25, 0.3) is 0 Å². The average molecular weight is 598 g/mol. The lowest BCUT2D eigenvalue weighted by molar-refractivity contribution is -0.134. The lowest BCUT2D eigenvalue weighted by Gasteiger charge is -2.44. The van der Waals surface area contributed by atoms with Crippen LogP contribution in [0.5, 0.6) is 0 Å². The smallest absolute Gasteiger partial charge is 0.241 e. The van der Waals surface area contributed by atoms with Crippen molar-refractivity contribution >= 4 is 23.4 Å². The second kappa shape index (κ2) is 18.3. The molecule has 2 heterocycles. The van der Waals surface area contributed by atoms with E-state index in [1.807, 2.05) is 53.4 Å². The number of nitrogens with one attached hydrogen (secondary N) is 2. The van der Waals surface area contributed by atoms with Crippen LogP contribution in [0.2, 0.25) is 5.02 Å². The zero-order chi connectivity index (χ0) is 30.3. The van der Waals surface area contributed by atoms with E-state index in [9.17, 15) is 9.59 Å². The van der Waals surface area contributed by atoms with Gasteiger partial charge in [-0.25, -0.2) is 0 Å². The molecule has 0 saturated carbocycles. The summed E-state index contributed by atoms with van der Waals surface area (Å²) < 4.78 is 0. The lowest BCUT2D eigenvalue weighted by atomic mass is 9.95. The number of aryl methyl sites for hydroxylation is 2. The summed E-state index contributed by atoms with van der Waals surface area (Å²) >= 11 is 5.67. The van der Waals surface area contributed by atoms with Gasteiger partial charge in [-0.3, -0.25) is 14.5 Å². The Kier molecular flexibility index (Phi) is 14.8. The van der Waals surface area contributed by atoms with Crippen molar-refractivity contribution in [2.75, 3.05) is 39.3 Å². The third-order valence-electron chi connectivity index (χ3n) is 8.36. The van der Waals surface area contributed by atoms with Crippen molar-refractivity contribution in [2.24, 2.45) is 11.7 Å². The fourth-order valence-corrected chi connectivity index (χ4v) is 6.07. The quantitative estimate of drug-likeness (QED) is 0.346. The van der Waals surface area contributed by atoms with Gasteiger partial charge in [0.15, 0.2) is 0 Å². The van der Waals surface area contributed by atoms with Gasteiger partial charge in [0, 0.05) is 49.7 Å². The molecule has 42 heavy (non-hydrogen) atoms. The first-order valence-corrected chi connectivity index (χ1v) is 16.2. The van der Waals surface area contributed by atoms with E-state index >= 15 is 0 Å². The molecule has 0 unspecified atom stereocenters. The molecule has 0 bridgehead atoms. The highest BCUT2D eigenvalue weighted by Gasteiger charge is 2.31. The first-order chi connectivity index (χ1) is 20.3. The van der Waals surface area contributed by atoms with Gasteiger partial charge in [-0.05, 0) is 86.4 Å². The summed E-state index contributed by atoms with van der Waals surface area (Å²) in [6, 6.07) is 17.1. The molecule has 7 nitrogen and oxygen atoms in total. The Hall–Kier alpha value is -2.45. The molecule has 2 saturated heterocycles. The number of benzene rings is 2. The van der Waals surface area contributed by atoms with Gasteiger partial charge in [0.2, 0.25) is 11.8 Å². The zero-order valence-corrected chi connectivity index (χ0v) is 26.7. The fourth-order valence-electron chi connectivity index (χ4n) is 5.95. The predicted molar refractivity (Wildman–Crippen MR) is 174 cm³/mol. The number of amides is 2. The van der Waals surface area contributed by atoms with Crippen molar-refractivity contribution < 1.29 is 9.59 Å². The molecule has 2 aromatic rings. The Morgan fingerprint density at radius 3 is 2.21 bits per heavy atom. The first-order valence-electron chi connectivity index (χ1n) is 15.8. The van der Waals surface area contributed by atoms with Crippen LogP contribution in [0.3, 0.4) is 0 Å². The second-order valence-corrected chi connectivity index (χ2v) is 12.3. The molecule has 0 spiro atoms.